The maximum atomic E-state index is 11.9. The van der Waals surface area contributed by atoms with Gasteiger partial charge in [-0.25, -0.2) is 14.4 Å². The molecule has 0 heterocycles. The molecule has 0 saturated carbocycles. The number of aliphatic carboxylic acids is 1. The zero-order valence-electron chi connectivity index (χ0n) is 19.1. The van der Waals surface area contributed by atoms with Crippen LogP contribution >= 0.6 is 0 Å². The first kappa shape index (κ1) is 27.5. The van der Waals surface area contributed by atoms with Crippen molar-refractivity contribution in [2.75, 3.05) is 14.2 Å². The number of methoxy groups -OCH3 is 2. The van der Waals surface area contributed by atoms with Crippen molar-refractivity contribution in [1.29, 1.82) is 0 Å². The summed E-state index contributed by atoms with van der Waals surface area (Å²) in [5, 5.41) is 9.47. The van der Waals surface area contributed by atoms with Crippen LogP contribution < -0.4 is 15.2 Å². The molecule has 0 fully saturated rings. The molecule has 0 amide bonds. The van der Waals surface area contributed by atoms with Crippen LogP contribution in [0.4, 0.5) is 14.4 Å². The molecule has 33 heavy (non-hydrogen) atoms. The normalized spacial score (nSPS) is 14.1. The maximum Gasteiger partial charge on any atom is 0.513 e. The molecule has 1 aromatic rings. The third-order valence-corrected chi connectivity index (χ3v) is 4.59. The Kier molecular flexibility index (Phi) is 10.9. The molecule has 1 rings (SSSR count). The first-order valence-electron chi connectivity index (χ1n) is 10.0. The fraction of sp³-hybridized carbons (Fsp3) is 0.524. The van der Waals surface area contributed by atoms with Gasteiger partial charge in [-0.05, 0) is 44.4 Å². The molecule has 1 aromatic carbocycles. The Morgan fingerprint density at radius 1 is 0.909 bits per heavy atom. The number of hydrogen-bond donors (Lipinski definition) is 2. The minimum Gasteiger partial charge on any atom is -0.480 e. The number of rotatable bonds is 10. The SMILES string of the molecule is CCC(C)OC(=O)OC(C)CC(c1ccc(OC(=O)OC)c(OC(=O)OC)c1)[C@H](N)C(=O)O. The lowest BCUT2D eigenvalue weighted by atomic mass is 9.87. The highest BCUT2D eigenvalue weighted by Gasteiger charge is 2.30. The van der Waals surface area contributed by atoms with Crippen LogP contribution in [0.2, 0.25) is 0 Å². The van der Waals surface area contributed by atoms with Crippen molar-refractivity contribution in [2.45, 2.75) is 57.8 Å². The van der Waals surface area contributed by atoms with E-state index in [4.69, 9.17) is 24.7 Å². The highest BCUT2D eigenvalue weighted by atomic mass is 16.7. The largest absolute Gasteiger partial charge is 0.513 e. The average Bonchev–Trinajstić information content (AvgIpc) is 2.77. The molecule has 184 valence electrons. The Balaban J connectivity index is 3.23. The van der Waals surface area contributed by atoms with Crippen LogP contribution in [-0.2, 0) is 23.7 Å². The third-order valence-electron chi connectivity index (χ3n) is 4.59. The lowest BCUT2D eigenvalue weighted by Crippen LogP contribution is -2.38. The second-order valence-corrected chi connectivity index (χ2v) is 7.04. The van der Waals surface area contributed by atoms with Crippen LogP contribution in [0.3, 0.4) is 0 Å². The van der Waals surface area contributed by atoms with E-state index in [1.807, 2.05) is 6.92 Å². The van der Waals surface area contributed by atoms with Crippen molar-refractivity contribution in [3.63, 3.8) is 0 Å². The molecule has 0 aromatic heterocycles. The summed E-state index contributed by atoms with van der Waals surface area (Å²) in [6.45, 7) is 5.10. The molecule has 3 N–H and O–H groups in total. The summed E-state index contributed by atoms with van der Waals surface area (Å²) in [5.74, 6) is -2.61. The van der Waals surface area contributed by atoms with Crippen LogP contribution in [0.15, 0.2) is 18.2 Å². The Hall–Kier alpha value is -3.54. The second kappa shape index (κ2) is 13.1. The van der Waals surface area contributed by atoms with E-state index in [0.717, 1.165) is 14.2 Å². The van der Waals surface area contributed by atoms with E-state index >= 15 is 0 Å². The number of ether oxygens (including phenoxy) is 6. The summed E-state index contributed by atoms with van der Waals surface area (Å²) in [7, 11) is 2.17. The summed E-state index contributed by atoms with van der Waals surface area (Å²) in [6.07, 6.45) is -3.59. The summed E-state index contributed by atoms with van der Waals surface area (Å²) in [5.41, 5.74) is 6.19. The number of carbonyl (C=O) groups is 4. The van der Waals surface area contributed by atoms with Gasteiger partial charge in [0.15, 0.2) is 11.5 Å². The van der Waals surface area contributed by atoms with Gasteiger partial charge < -0.3 is 39.3 Å². The molecule has 4 atom stereocenters. The van der Waals surface area contributed by atoms with E-state index in [1.165, 1.54) is 18.2 Å². The zero-order valence-corrected chi connectivity index (χ0v) is 19.1. The van der Waals surface area contributed by atoms with Crippen molar-refractivity contribution >= 4 is 24.4 Å². The molecule has 0 aliphatic heterocycles. The molecule has 12 heteroatoms. The number of hydrogen-bond acceptors (Lipinski definition) is 11. The van der Waals surface area contributed by atoms with E-state index < -0.39 is 42.5 Å². The quantitative estimate of drug-likeness (QED) is 0.290. The van der Waals surface area contributed by atoms with Crippen molar-refractivity contribution in [1.82, 2.24) is 0 Å². The average molecular weight is 471 g/mol. The summed E-state index contributed by atoms with van der Waals surface area (Å²) in [6, 6.07) is 2.57. The zero-order chi connectivity index (χ0) is 25.1. The number of nitrogens with two attached hydrogens (primary N) is 1. The second-order valence-electron chi connectivity index (χ2n) is 7.04. The van der Waals surface area contributed by atoms with Gasteiger partial charge >= 0.3 is 24.4 Å². The van der Waals surface area contributed by atoms with E-state index in [-0.39, 0.29) is 24.0 Å². The van der Waals surface area contributed by atoms with Gasteiger partial charge in [0.05, 0.1) is 14.2 Å². The minimum atomic E-state index is -1.40. The standard InChI is InChI=1S/C21H29NO11/c1-6-11(2)30-21(27)31-12(3)9-14(17(22)18(23)24)13-7-8-15(32-19(25)28-4)16(10-13)33-20(26)29-5/h7-8,10-12,14,17H,6,9,22H2,1-5H3,(H,23,24)/t11?,12?,14?,17-/m0/s1. The summed E-state index contributed by atoms with van der Waals surface area (Å²) in [4.78, 5) is 46.6. The third kappa shape index (κ3) is 8.85. The van der Waals surface area contributed by atoms with Gasteiger partial charge in [0.2, 0.25) is 0 Å². The monoisotopic (exact) mass is 471 g/mol. The van der Waals surface area contributed by atoms with E-state index in [1.54, 1.807) is 13.8 Å². The molecule has 3 unspecified atom stereocenters. The van der Waals surface area contributed by atoms with E-state index in [9.17, 15) is 24.3 Å². The molecule has 0 bridgehead atoms. The topological polar surface area (TPSA) is 170 Å². The Labute approximate surface area is 190 Å². The lowest BCUT2D eigenvalue weighted by Gasteiger charge is -2.25. The van der Waals surface area contributed by atoms with Crippen molar-refractivity contribution in [3.8, 4) is 11.5 Å². The molecule has 0 aliphatic rings. The lowest BCUT2D eigenvalue weighted by molar-refractivity contribution is -0.139. The molecule has 0 aliphatic carbocycles. The van der Waals surface area contributed by atoms with Gasteiger partial charge in [-0.3, -0.25) is 4.79 Å². The fourth-order valence-corrected chi connectivity index (χ4v) is 2.69. The van der Waals surface area contributed by atoms with Gasteiger partial charge in [0, 0.05) is 5.92 Å². The van der Waals surface area contributed by atoms with Crippen LogP contribution in [0.25, 0.3) is 0 Å². The smallest absolute Gasteiger partial charge is 0.480 e. The summed E-state index contributed by atoms with van der Waals surface area (Å²) < 4.78 is 29.1. The van der Waals surface area contributed by atoms with Gasteiger partial charge in [-0.15, -0.1) is 0 Å². The Morgan fingerprint density at radius 3 is 1.97 bits per heavy atom. The number of carboxylic acids is 1. The highest BCUT2D eigenvalue weighted by Crippen LogP contribution is 2.35. The first-order chi connectivity index (χ1) is 15.5. The predicted molar refractivity (Wildman–Crippen MR) is 112 cm³/mol. The van der Waals surface area contributed by atoms with Gasteiger partial charge in [0.1, 0.15) is 18.2 Å². The van der Waals surface area contributed by atoms with Crippen LogP contribution in [0.5, 0.6) is 11.5 Å². The Bertz CT molecular complexity index is 841. The van der Waals surface area contributed by atoms with Gasteiger partial charge in [-0.2, -0.15) is 0 Å². The minimum absolute atomic E-state index is 0.00204. The molecule has 12 nitrogen and oxygen atoms in total. The van der Waals surface area contributed by atoms with Crippen LogP contribution in [0, 0.1) is 0 Å². The molecular formula is C21H29NO11. The molecule has 0 radical (unpaired) electrons. The van der Waals surface area contributed by atoms with Crippen LogP contribution in [0.1, 0.15) is 45.1 Å². The highest BCUT2D eigenvalue weighted by molar-refractivity contribution is 5.75. The molecule has 0 saturated heterocycles. The molecule has 0 spiro atoms. The first-order valence-corrected chi connectivity index (χ1v) is 10.0. The fourth-order valence-electron chi connectivity index (χ4n) is 2.69. The van der Waals surface area contributed by atoms with Crippen LogP contribution in [-0.4, -0.2) is 62.0 Å². The number of carboxylic acid groups (broad SMARTS) is 1. The summed E-state index contributed by atoms with van der Waals surface area (Å²) >= 11 is 0. The molecular weight excluding hydrogens is 442 g/mol. The number of benzene rings is 1. The van der Waals surface area contributed by atoms with Gasteiger partial charge in [-0.1, -0.05) is 13.0 Å². The van der Waals surface area contributed by atoms with Crippen molar-refractivity contribution in [2.24, 2.45) is 5.73 Å². The maximum absolute atomic E-state index is 11.9. The van der Waals surface area contributed by atoms with E-state index in [2.05, 4.69) is 9.47 Å². The Morgan fingerprint density at radius 2 is 1.45 bits per heavy atom. The predicted octanol–water partition coefficient (Wildman–Crippen LogP) is 3.20. The van der Waals surface area contributed by atoms with E-state index in [0.29, 0.717) is 12.0 Å². The number of carbonyl (C=O) groups excluding carboxylic acids is 3. The van der Waals surface area contributed by atoms with Crippen molar-refractivity contribution in [3.05, 3.63) is 23.8 Å². The van der Waals surface area contributed by atoms with Gasteiger partial charge in [0.25, 0.3) is 0 Å². The van der Waals surface area contributed by atoms with Crippen molar-refractivity contribution < 1.29 is 52.7 Å².